The molecule has 9 nitrogen and oxygen atoms in total. The first-order valence-electron chi connectivity index (χ1n) is 12.4. The normalized spacial score (nSPS) is 25.1. The molecule has 0 spiro atoms. The molecule has 190 valence electrons. The lowest BCUT2D eigenvalue weighted by Crippen LogP contribution is -2.61. The SMILES string of the molecule is CC(=O)N[C@@]12CCN(CC(=O)Nc3ccc4c(c3)OCCO4)C[C@@H]1[C@@H](c1ccccc1)N(C(C)=O)C2. The number of piperidine rings is 1. The highest BCUT2D eigenvalue weighted by Gasteiger charge is 2.56. The van der Waals surface area contributed by atoms with Gasteiger partial charge in [0.25, 0.3) is 0 Å². The number of nitrogens with one attached hydrogen (secondary N) is 2. The van der Waals surface area contributed by atoms with Crippen molar-refractivity contribution < 1.29 is 23.9 Å². The van der Waals surface area contributed by atoms with Gasteiger partial charge >= 0.3 is 0 Å². The van der Waals surface area contributed by atoms with Gasteiger partial charge in [0.2, 0.25) is 17.7 Å². The van der Waals surface area contributed by atoms with Gasteiger partial charge in [0.1, 0.15) is 13.2 Å². The standard InChI is InChI=1S/C27H32N4O5/c1-18(32)29-27-10-11-30(16-25(34)28-21-8-9-23-24(14-21)36-13-12-35-23)15-22(27)26(31(17-27)19(2)33)20-6-4-3-5-7-20/h3-9,14,22,26H,10-13,15-17H2,1-2H3,(H,28,34)(H,29,32)/t22-,26-,27-/m1/s1. The number of hydrogen-bond donors (Lipinski definition) is 2. The number of fused-ring (bicyclic) bond motifs is 2. The Labute approximate surface area is 210 Å². The molecule has 3 aliphatic heterocycles. The molecule has 36 heavy (non-hydrogen) atoms. The van der Waals surface area contributed by atoms with E-state index in [4.69, 9.17) is 9.47 Å². The molecular formula is C27H32N4O5. The maximum absolute atomic E-state index is 13.0. The lowest BCUT2D eigenvalue weighted by Gasteiger charge is -2.44. The highest BCUT2D eigenvalue weighted by molar-refractivity contribution is 5.92. The van der Waals surface area contributed by atoms with Crippen LogP contribution in [0.15, 0.2) is 48.5 Å². The topological polar surface area (TPSA) is 100 Å². The largest absolute Gasteiger partial charge is 0.486 e. The third-order valence-electron chi connectivity index (χ3n) is 7.37. The molecule has 9 heteroatoms. The second kappa shape index (κ2) is 9.81. The van der Waals surface area contributed by atoms with Crippen LogP contribution in [0, 0.1) is 5.92 Å². The summed E-state index contributed by atoms with van der Waals surface area (Å²) in [5.74, 6) is 0.985. The summed E-state index contributed by atoms with van der Waals surface area (Å²) in [6.45, 7) is 5.98. The van der Waals surface area contributed by atoms with Crippen molar-refractivity contribution in [2.24, 2.45) is 5.92 Å². The van der Waals surface area contributed by atoms with Crippen LogP contribution in [0.5, 0.6) is 11.5 Å². The van der Waals surface area contributed by atoms with Crippen LogP contribution in [0.3, 0.4) is 0 Å². The molecule has 2 N–H and O–H groups in total. The van der Waals surface area contributed by atoms with Gasteiger partial charge in [-0.2, -0.15) is 0 Å². The molecule has 3 heterocycles. The van der Waals surface area contributed by atoms with Crippen LogP contribution in [0.25, 0.3) is 0 Å². The van der Waals surface area contributed by atoms with E-state index in [1.54, 1.807) is 25.1 Å². The van der Waals surface area contributed by atoms with Gasteiger partial charge in [-0.3, -0.25) is 19.3 Å². The third kappa shape index (κ3) is 4.75. The smallest absolute Gasteiger partial charge is 0.238 e. The molecule has 2 saturated heterocycles. The molecule has 2 aromatic rings. The molecule has 0 unspecified atom stereocenters. The number of benzene rings is 2. The Morgan fingerprint density at radius 3 is 2.50 bits per heavy atom. The second-order valence-corrected chi connectivity index (χ2v) is 9.84. The minimum atomic E-state index is -0.527. The zero-order valence-electron chi connectivity index (χ0n) is 20.7. The quantitative estimate of drug-likeness (QED) is 0.664. The van der Waals surface area contributed by atoms with Crippen LogP contribution in [-0.2, 0) is 14.4 Å². The minimum absolute atomic E-state index is 0.0223. The predicted octanol–water partition coefficient (Wildman–Crippen LogP) is 2.20. The number of ether oxygens (including phenoxy) is 2. The number of hydrogen-bond acceptors (Lipinski definition) is 6. The molecule has 2 aromatic carbocycles. The number of likely N-dealkylation sites (tertiary alicyclic amines) is 2. The monoisotopic (exact) mass is 492 g/mol. The van der Waals surface area contributed by atoms with Gasteiger partial charge < -0.3 is 25.0 Å². The molecule has 0 saturated carbocycles. The van der Waals surface area contributed by atoms with Gasteiger partial charge in [0.05, 0.1) is 18.1 Å². The van der Waals surface area contributed by atoms with Crippen molar-refractivity contribution in [3.63, 3.8) is 0 Å². The fraction of sp³-hybridized carbons (Fsp3) is 0.444. The zero-order valence-corrected chi connectivity index (χ0v) is 20.7. The summed E-state index contributed by atoms with van der Waals surface area (Å²) in [5.41, 5.74) is 1.16. The highest BCUT2D eigenvalue weighted by Crippen LogP contribution is 2.47. The first-order valence-corrected chi connectivity index (χ1v) is 12.4. The Morgan fingerprint density at radius 2 is 1.78 bits per heavy atom. The number of carbonyl (C=O) groups is 3. The van der Waals surface area contributed by atoms with Crippen molar-refractivity contribution in [2.75, 3.05) is 44.7 Å². The number of rotatable bonds is 5. The maximum atomic E-state index is 13.0. The van der Waals surface area contributed by atoms with Crippen molar-refractivity contribution in [3.8, 4) is 11.5 Å². The fourth-order valence-corrected chi connectivity index (χ4v) is 5.89. The van der Waals surface area contributed by atoms with E-state index < -0.39 is 5.54 Å². The van der Waals surface area contributed by atoms with Crippen LogP contribution < -0.4 is 20.1 Å². The number of amides is 3. The van der Waals surface area contributed by atoms with Gasteiger partial charge in [0, 0.05) is 51.2 Å². The Bertz CT molecular complexity index is 1160. The second-order valence-electron chi connectivity index (χ2n) is 9.84. The van der Waals surface area contributed by atoms with Crippen LogP contribution in [0.2, 0.25) is 0 Å². The van der Waals surface area contributed by atoms with E-state index in [0.717, 1.165) is 5.56 Å². The summed E-state index contributed by atoms with van der Waals surface area (Å²) in [5, 5.41) is 6.16. The van der Waals surface area contributed by atoms with Crippen LogP contribution in [0.4, 0.5) is 5.69 Å². The van der Waals surface area contributed by atoms with E-state index >= 15 is 0 Å². The van der Waals surface area contributed by atoms with Crippen molar-refractivity contribution in [3.05, 3.63) is 54.1 Å². The molecule has 3 amide bonds. The summed E-state index contributed by atoms with van der Waals surface area (Å²) in [7, 11) is 0. The van der Waals surface area contributed by atoms with Crippen molar-refractivity contribution >= 4 is 23.4 Å². The fourth-order valence-electron chi connectivity index (χ4n) is 5.89. The minimum Gasteiger partial charge on any atom is -0.486 e. The van der Waals surface area contributed by atoms with E-state index in [1.165, 1.54) is 6.92 Å². The molecule has 2 fully saturated rings. The van der Waals surface area contributed by atoms with E-state index in [0.29, 0.717) is 56.5 Å². The zero-order chi connectivity index (χ0) is 25.3. The maximum Gasteiger partial charge on any atom is 0.238 e. The first kappa shape index (κ1) is 24.1. The van der Waals surface area contributed by atoms with Gasteiger partial charge in [-0.15, -0.1) is 0 Å². The molecule has 0 aromatic heterocycles. The van der Waals surface area contributed by atoms with Crippen molar-refractivity contribution in [1.29, 1.82) is 0 Å². The molecule has 5 rings (SSSR count). The van der Waals surface area contributed by atoms with Gasteiger partial charge in [-0.05, 0) is 24.1 Å². The van der Waals surface area contributed by atoms with E-state index in [1.807, 2.05) is 35.2 Å². The molecule has 0 radical (unpaired) electrons. The van der Waals surface area contributed by atoms with Crippen LogP contribution in [0.1, 0.15) is 31.9 Å². The predicted molar refractivity (Wildman–Crippen MR) is 134 cm³/mol. The molecule has 3 aliphatic rings. The van der Waals surface area contributed by atoms with E-state index in [9.17, 15) is 14.4 Å². The number of nitrogens with zero attached hydrogens (tertiary/aromatic N) is 2. The lowest BCUT2D eigenvalue weighted by atomic mass is 9.75. The third-order valence-corrected chi connectivity index (χ3v) is 7.37. The molecule has 0 aliphatic carbocycles. The Morgan fingerprint density at radius 1 is 1.03 bits per heavy atom. The van der Waals surface area contributed by atoms with Gasteiger partial charge in [-0.25, -0.2) is 0 Å². The molecule has 0 bridgehead atoms. The Balaban J connectivity index is 1.34. The highest BCUT2D eigenvalue weighted by atomic mass is 16.6. The molecular weight excluding hydrogens is 460 g/mol. The van der Waals surface area contributed by atoms with Crippen molar-refractivity contribution in [1.82, 2.24) is 15.1 Å². The molecule has 3 atom stereocenters. The summed E-state index contributed by atoms with van der Waals surface area (Å²) in [6, 6.07) is 15.1. The summed E-state index contributed by atoms with van der Waals surface area (Å²) < 4.78 is 11.2. The average Bonchev–Trinajstić information content (AvgIpc) is 3.18. The van der Waals surface area contributed by atoms with Crippen molar-refractivity contribution in [2.45, 2.75) is 31.8 Å². The van der Waals surface area contributed by atoms with Crippen LogP contribution in [-0.4, -0.2) is 72.5 Å². The summed E-state index contributed by atoms with van der Waals surface area (Å²) in [6.07, 6.45) is 0.654. The summed E-state index contributed by atoms with van der Waals surface area (Å²) in [4.78, 5) is 41.8. The summed E-state index contributed by atoms with van der Waals surface area (Å²) >= 11 is 0. The number of carbonyl (C=O) groups excluding carboxylic acids is 3. The number of anilines is 1. The average molecular weight is 493 g/mol. The van der Waals surface area contributed by atoms with E-state index in [-0.39, 0.29) is 36.2 Å². The van der Waals surface area contributed by atoms with Crippen LogP contribution >= 0.6 is 0 Å². The van der Waals surface area contributed by atoms with Gasteiger partial charge in [-0.1, -0.05) is 30.3 Å². The van der Waals surface area contributed by atoms with Gasteiger partial charge in [0.15, 0.2) is 11.5 Å². The van der Waals surface area contributed by atoms with E-state index in [2.05, 4.69) is 15.5 Å². The Hall–Kier alpha value is -3.59. The first-order chi connectivity index (χ1) is 17.3. The Kier molecular flexibility index (Phi) is 6.57. The lowest BCUT2D eigenvalue weighted by molar-refractivity contribution is -0.130.